The number of hydrogen-bond donors (Lipinski definition) is 0. The second-order valence-corrected chi connectivity index (χ2v) is 7.65. The first-order valence-electron chi connectivity index (χ1n) is 8.83. The molecule has 0 spiro atoms. The van der Waals surface area contributed by atoms with E-state index in [2.05, 4.69) is 77.8 Å². The molecule has 0 radical (unpaired) electrons. The van der Waals surface area contributed by atoms with Crippen molar-refractivity contribution in [1.29, 1.82) is 0 Å². The van der Waals surface area contributed by atoms with Gasteiger partial charge in [-0.3, -0.25) is 9.98 Å². The number of benzene rings is 2. The Morgan fingerprint density at radius 3 is 2.19 bits per heavy atom. The van der Waals surface area contributed by atoms with E-state index in [1.54, 1.807) is 11.3 Å². The zero-order chi connectivity index (χ0) is 17.4. The summed E-state index contributed by atoms with van der Waals surface area (Å²) in [6.07, 6.45) is 7.55. The number of aromatic nitrogens is 1. The highest BCUT2D eigenvalue weighted by Gasteiger charge is 2.37. The van der Waals surface area contributed by atoms with Crippen molar-refractivity contribution in [2.45, 2.75) is 11.8 Å². The average Bonchev–Trinajstić information content (AvgIpc) is 3.38. The molecule has 0 saturated heterocycles. The molecule has 3 aromatic rings. The van der Waals surface area contributed by atoms with Crippen molar-refractivity contribution in [2.24, 2.45) is 4.99 Å². The minimum atomic E-state index is -0.125. The van der Waals surface area contributed by atoms with Crippen LogP contribution in [0.5, 0.6) is 0 Å². The fourth-order valence-corrected chi connectivity index (χ4v) is 4.70. The fraction of sp³-hybridized carbons (Fsp3) is 0.130. The van der Waals surface area contributed by atoms with Gasteiger partial charge < -0.3 is 0 Å². The summed E-state index contributed by atoms with van der Waals surface area (Å²) >= 11 is 1.66. The van der Waals surface area contributed by atoms with E-state index in [1.807, 2.05) is 11.7 Å². The zero-order valence-electron chi connectivity index (χ0n) is 14.3. The van der Waals surface area contributed by atoms with Crippen molar-refractivity contribution in [2.75, 3.05) is 6.54 Å². The lowest BCUT2D eigenvalue weighted by Gasteiger charge is -2.35. The minimum absolute atomic E-state index is 0.125. The van der Waals surface area contributed by atoms with E-state index in [1.165, 1.54) is 22.3 Å². The van der Waals surface area contributed by atoms with Crippen LogP contribution in [0.2, 0.25) is 0 Å². The van der Waals surface area contributed by atoms with Gasteiger partial charge in [0.1, 0.15) is 0 Å². The molecule has 1 aliphatic carbocycles. The van der Waals surface area contributed by atoms with Crippen molar-refractivity contribution in [1.82, 2.24) is 4.98 Å². The zero-order valence-corrected chi connectivity index (χ0v) is 15.1. The minimum Gasteiger partial charge on any atom is -0.279 e. The standard InChI is InChI=1S/C23H18N2S/c1-3-7-18(8-4-1)23(19-9-5-2-6-10-19)12-11-20-17(13-23)14-25-22(20)21-15-24-16-26-21/h1-12,15-16H,13-14H2. The Balaban J connectivity index is 1.61. The van der Waals surface area contributed by atoms with Gasteiger partial charge in [0.2, 0.25) is 0 Å². The molecule has 0 fully saturated rings. The third-order valence-electron chi connectivity index (χ3n) is 5.33. The van der Waals surface area contributed by atoms with Crippen LogP contribution in [-0.2, 0) is 5.41 Å². The SMILES string of the molecule is C1=CC(c2ccccc2)(c2ccccc2)CC2=C1C(c1cncs1)=NC2. The molecular formula is C23H18N2S. The summed E-state index contributed by atoms with van der Waals surface area (Å²) in [5, 5.41) is 0. The molecule has 1 aromatic heterocycles. The highest BCUT2D eigenvalue weighted by atomic mass is 32.1. The lowest BCUT2D eigenvalue weighted by molar-refractivity contribution is 0.620. The lowest BCUT2D eigenvalue weighted by atomic mass is 9.67. The predicted molar refractivity (Wildman–Crippen MR) is 108 cm³/mol. The molecule has 26 heavy (non-hydrogen) atoms. The van der Waals surface area contributed by atoms with Gasteiger partial charge in [0.25, 0.3) is 0 Å². The van der Waals surface area contributed by atoms with Crippen LogP contribution in [0.4, 0.5) is 0 Å². The van der Waals surface area contributed by atoms with Crippen LogP contribution in [0.15, 0.2) is 101 Å². The van der Waals surface area contributed by atoms with Crippen LogP contribution < -0.4 is 0 Å². The lowest BCUT2D eigenvalue weighted by Crippen LogP contribution is -2.29. The quantitative estimate of drug-likeness (QED) is 0.635. The van der Waals surface area contributed by atoms with E-state index >= 15 is 0 Å². The second kappa shape index (κ2) is 6.19. The Morgan fingerprint density at radius 2 is 1.58 bits per heavy atom. The molecule has 0 N–H and O–H groups in total. The van der Waals surface area contributed by atoms with Crippen molar-refractivity contribution >= 4 is 17.0 Å². The summed E-state index contributed by atoms with van der Waals surface area (Å²) in [5.74, 6) is 0. The predicted octanol–water partition coefficient (Wildman–Crippen LogP) is 5.19. The molecule has 3 heteroatoms. The van der Waals surface area contributed by atoms with Crippen molar-refractivity contribution in [3.05, 3.63) is 112 Å². The Morgan fingerprint density at radius 1 is 0.885 bits per heavy atom. The van der Waals surface area contributed by atoms with Gasteiger partial charge in [-0.1, -0.05) is 72.8 Å². The first-order chi connectivity index (χ1) is 12.9. The largest absolute Gasteiger partial charge is 0.279 e. The number of nitrogens with zero attached hydrogens (tertiary/aromatic N) is 2. The highest BCUT2D eigenvalue weighted by molar-refractivity contribution is 7.12. The molecule has 0 bridgehead atoms. The first kappa shape index (κ1) is 15.5. The number of thiazole rings is 1. The summed E-state index contributed by atoms with van der Waals surface area (Å²) in [4.78, 5) is 10.2. The van der Waals surface area contributed by atoms with Crippen LogP contribution in [0, 0.1) is 0 Å². The number of hydrogen-bond acceptors (Lipinski definition) is 3. The first-order valence-corrected chi connectivity index (χ1v) is 9.71. The van der Waals surface area contributed by atoms with Crippen molar-refractivity contribution in [3.63, 3.8) is 0 Å². The molecular weight excluding hydrogens is 336 g/mol. The summed E-state index contributed by atoms with van der Waals surface area (Å²) in [5.41, 5.74) is 8.23. The topological polar surface area (TPSA) is 25.2 Å². The van der Waals surface area contributed by atoms with Gasteiger partial charge in [0, 0.05) is 17.2 Å². The molecule has 0 unspecified atom stereocenters. The van der Waals surface area contributed by atoms with Crippen LogP contribution in [0.25, 0.3) is 0 Å². The van der Waals surface area contributed by atoms with E-state index in [4.69, 9.17) is 4.99 Å². The molecule has 5 rings (SSSR count). The van der Waals surface area contributed by atoms with Gasteiger partial charge in [-0.25, -0.2) is 0 Å². The summed E-state index contributed by atoms with van der Waals surface area (Å²) < 4.78 is 0. The summed E-state index contributed by atoms with van der Waals surface area (Å²) in [6.45, 7) is 0.786. The van der Waals surface area contributed by atoms with Gasteiger partial charge in [0.05, 0.1) is 22.6 Å². The molecule has 2 heterocycles. The fourth-order valence-electron chi connectivity index (χ4n) is 4.06. The molecule has 2 aliphatic rings. The van der Waals surface area contributed by atoms with Crippen LogP contribution in [-0.4, -0.2) is 17.2 Å². The molecule has 2 aromatic carbocycles. The Bertz CT molecular complexity index is 973. The van der Waals surface area contributed by atoms with Crippen molar-refractivity contribution in [3.8, 4) is 0 Å². The van der Waals surface area contributed by atoms with E-state index in [9.17, 15) is 0 Å². The van der Waals surface area contributed by atoms with Crippen LogP contribution >= 0.6 is 11.3 Å². The molecule has 0 amide bonds. The maximum Gasteiger partial charge on any atom is 0.0839 e. The average molecular weight is 354 g/mol. The van der Waals surface area contributed by atoms with Crippen LogP contribution in [0.3, 0.4) is 0 Å². The molecule has 126 valence electrons. The van der Waals surface area contributed by atoms with Crippen LogP contribution in [0.1, 0.15) is 22.4 Å². The molecule has 2 nitrogen and oxygen atoms in total. The van der Waals surface area contributed by atoms with E-state index in [-0.39, 0.29) is 5.41 Å². The monoisotopic (exact) mass is 354 g/mol. The third-order valence-corrected chi connectivity index (χ3v) is 6.11. The van der Waals surface area contributed by atoms with Gasteiger partial charge in [-0.15, -0.1) is 11.3 Å². The highest BCUT2D eigenvalue weighted by Crippen LogP contribution is 2.45. The normalized spacial score (nSPS) is 17.9. The van der Waals surface area contributed by atoms with E-state index in [0.29, 0.717) is 0 Å². The maximum absolute atomic E-state index is 4.84. The number of aliphatic imine (C=N–C) groups is 1. The molecule has 0 saturated carbocycles. The Labute approximate surface area is 157 Å². The number of rotatable bonds is 3. The molecule has 1 aliphatic heterocycles. The Hall–Kier alpha value is -2.78. The third kappa shape index (κ3) is 2.39. The van der Waals surface area contributed by atoms with Gasteiger partial charge in [0.15, 0.2) is 0 Å². The molecule has 0 atom stereocenters. The van der Waals surface area contributed by atoms with Gasteiger partial charge >= 0.3 is 0 Å². The van der Waals surface area contributed by atoms with Gasteiger partial charge in [-0.05, 0) is 23.1 Å². The second-order valence-electron chi connectivity index (χ2n) is 6.76. The van der Waals surface area contributed by atoms with E-state index < -0.39 is 0 Å². The summed E-state index contributed by atoms with van der Waals surface area (Å²) in [6, 6.07) is 21.6. The maximum atomic E-state index is 4.84. The summed E-state index contributed by atoms with van der Waals surface area (Å²) in [7, 11) is 0. The Kier molecular flexibility index (Phi) is 3.68. The van der Waals surface area contributed by atoms with Gasteiger partial charge in [-0.2, -0.15) is 0 Å². The van der Waals surface area contributed by atoms with E-state index in [0.717, 1.165) is 23.6 Å². The number of allylic oxidation sites excluding steroid dienone is 3. The van der Waals surface area contributed by atoms with Crippen molar-refractivity contribution < 1.29 is 0 Å². The smallest absolute Gasteiger partial charge is 0.0839 e.